The predicted molar refractivity (Wildman–Crippen MR) is 208 cm³/mol. The van der Waals surface area contributed by atoms with Crippen molar-refractivity contribution in [2.45, 2.75) is 22.9 Å². The van der Waals surface area contributed by atoms with Crippen LogP contribution in [0.25, 0.3) is 0 Å². The minimum atomic E-state index is -2.03. The number of carbonyl (C=O) groups excluding carboxylic acids is 3. The second-order valence-corrected chi connectivity index (χ2v) is 15.4. The van der Waals surface area contributed by atoms with Gasteiger partial charge in [0.1, 0.15) is 11.0 Å². The van der Waals surface area contributed by atoms with Gasteiger partial charge >= 0.3 is 0 Å². The summed E-state index contributed by atoms with van der Waals surface area (Å²) in [7, 11) is 0. The Labute approximate surface area is 317 Å². The molecule has 1 N–H and O–H groups in total. The van der Waals surface area contributed by atoms with Gasteiger partial charge in [-0.3, -0.25) is 24.2 Å². The molecule has 52 heavy (non-hydrogen) atoms. The first-order valence-electron chi connectivity index (χ1n) is 17.0. The van der Waals surface area contributed by atoms with Gasteiger partial charge in [-0.25, -0.2) is 0 Å². The zero-order chi connectivity index (χ0) is 35.8. The van der Waals surface area contributed by atoms with Gasteiger partial charge in [0.25, 0.3) is 0 Å². The number of ketones is 1. The molecule has 2 spiro atoms. The molecule has 0 unspecified atom stereocenters. The van der Waals surface area contributed by atoms with Gasteiger partial charge in [0.15, 0.2) is 5.78 Å². The van der Waals surface area contributed by atoms with Crippen molar-refractivity contribution in [1.29, 1.82) is 0 Å². The minimum absolute atomic E-state index is 0.218. The van der Waals surface area contributed by atoms with E-state index in [1.165, 1.54) is 0 Å². The highest BCUT2D eigenvalue weighted by Gasteiger charge is 2.82. The highest BCUT2D eigenvalue weighted by Crippen LogP contribution is 2.72. The summed E-state index contributed by atoms with van der Waals surface area (Å²) in [6.45, 7) is 0. The number of nitrogens with zero attached hydrogens (tertiary/aromatic N) is 2. The van der Waals surface area contributed by atoms with E-state index in [0.717, 1.165) is 8.95 Å². The lowest BCUT2D eigenvalue weighted by Crippen LogP contribution is -2.58. The summed E-state index contributed by atoms with van der Waals surface area (Å²) < 4.78 is 1.69. The fourth-order valence-corrected chi connectivity index (χ4v) is 9.71. The molecule has 2 amide bonds. The summed E-state index contributed by atoms with van der Waals surface area (Å²) in [6, 6.07) is 47.6. The molecule has 3 aliphatic rings. The quantitative estimate of drug-likeness (QED) is 0.176. The van der Waals surface area contributed by atoms with Gasteiger partial charge in [-0.2, -0.15) is 0 Å². The number of hydrogen-bond donors (Lipinski definition) is 1. The zero-order valence-corrected chi connectivity index (χ0v) is 30.8. The summed E-state index contributed by atoms with van der Waals surface area (Å²) in [5, 5.41) is 13.9. The van der Waals surface area contributed by atoms with Gasteiger partial charge in [0.2, 0.25) is 11.8 Å². The van der Waals surface area contributed by atoms with Crippen molar-refractivity contribution < 1.29 is 19.5 Å². The van der Waals surface area contributed by atoms with Crippen LogP contribution in [0.4, 0.5) is 22.7 Å². The molecule has 254 valence electrons. The molecule has 6 aromatic carbocycles. The number of para-hydroxylation sites is 2. The Balaban J connectivity index is 1.42. The molecule has 4 atom stereocenters. The SMILES string of the molecule is O=C(c1ccccc1)[C@H]1[C@@]2(C(=O)N(c3ccc(Br)cc3)c3ccccc32)[C@@](O)(c2ccccc2)C[C@]12C(=O)N(c1ccc(Br)cc1)c1ccccc12. The molecule has 8 heteroatoms. The monoisotopic (exact) mass is 808 g/mol. The lowest BCUT2D eigenvalue weighted by molar-refractivity contribution is -0.134. The van der Waals surface area contributed by atoms with Crippen molar-refractivity contribution in [1.82, 2.24) is 0 Å². The summed E-state index contributed by atoms with van der Waals surface area (Å²) in [4.78, 5) is 50.8. The van der Waals surface area contributed by atoms with Crippen LogP contribution >= 0.6 is 31.9 Å². The number of fused-ring (bicyclic) bond motifs is 4. The topological polar surface area (TPSA) is 77.9 Å². The van der Waals surface area contributed by atoms with Crippen molar-refractivity contribution in [3.63, 3.8) is 0 Å². The van der Waals surface area contributed by atoms with E-state index in [0.29, 0.717) is 45.0 Å². The second kappa shape index (κ2) is 12.0. The largest absolute Gasteiger partial charge is 0.384 e. The number of benzene rings is 6. The Morgan fingerprint density at radius 2 is 1.04 bits per heavy atom. The maximum Gasteiger partial charge on any atom is 0.246 e. The highest BCUT2D eigenvalue weighted by atomic mass is 79.9. The van der Waals surface area contributed by atoms with E-state index in [9.17, 15) is 5.11 Å². The van der Waals surface area contributed by atoms with Crippen LogP contribution in [0, 0.1) is 5.92 Å². The Hall–Kier alpha value is -5.15. The first kappa shape index (κ1) is 32.7. The number of Topliss-reactive ketones (excluding diaryl/α,β-unsaturated/α-hetero) is 1. The summed E-state index contributed by atoms with van der Waals surface area (Å²) in [5.74, 6) is -2.60. The van der Waals surface area contributed by atoms with Gasteiger partial charge in [0, 0.05) is 32.3 Å². The molecule has 0 radical (unpaired) electrons. The molecule has 1 saturated carbocycles. The van der Waals surface area contributed by atoms with Crippen LogP contribution in [-0.2, 0) is 26.0 Å². The minimum Gasteiger partial charge on any atom is -0.384 e. The lowest BCUT2D eigenvalue weighted by atomic mass is 9.58. The Morgan fingerprint density at radius 3 is 1.62 bits per heavy atom. The van der Waals surface area contributed by atoms with Gasteiger partial charge in [0.05, 0.1) is 22.7 Å². The molecule has 0 saturated heterocycles. The third-order valence-corrected chi connectivity index (χ3v) is 12.2. The second-order valence-electron chi connectivity index (χ2n) is 13.6. The molecule has 6 aromatic rings. The molecular formula is C44H30Br2N2O4. The van der Waals surface area contributed by atoms with Crippen molar-refractivity contribution in [3.05, 3.63) is 189 Å². The van der Waals surface area contributed by atoms with Gasteiger partial charge in [-0.1, -0.05) is 129 Å². The van der Waals surface area contributed by atoms with Crippen LogP contribution < -0.4 is 9.80 Å². The van der Waals surface area contributed by atoms with Crippen LogP contribution in [0.5, 0.6) is 0 Å². The van der Waals surface area contributed by atoms with Crippen LogP contribution in [0.15, 0.2) is 167 Å². The number of aliphatic hydroxyl groups is 1. The third-order valence-electron chi connectivity index (χ3n) is 11.2. The van der Waals surface area contributed by atoms with E-state index in [2.05, 4.69) is 31.9 Å². The average Bonchev–Trinajstić information content (AvgIpc) is 3.70. The normalized spacial score (nSPS) is 24.5. The molecule has 2 aliphatic heterocycles. The first-order chi connectivity index (χ1) is 25.2. The number of hydrogen-bond acceptors (Lipinski definition) is 4. The zero-order valence-electron chi connectivity index (χ0n) is 27.6. The van der Waals surface area contributed by atoms with E-state index < -0.39 is 34.0 Å². The fraction of sp³-hybridized carbons (Fsp3) is 0.114. The Morgan fingerprint density at radius 1 is 0.577 bits per heavy atom. The first-order valence-corrected chi connectivity index (χ1v) is 18.6. The molecular weight excluding hydrogens is 780 g/mol. The molecule has 6 nitrogen and oxygen atoms in total. The average molecular weight is 811 g/mol. The maximum absolute atomic E-state index is 16.0. The fourth-order valence-electron chi connectivity index (χ4n) is 9.18. The summed E-state index contributed by atoms with van der Waals surface area (Å²) in [5.41, 5.74) is -1.40. The lowest BCUT2D eigenvalue weighted by Gasteiger charge is -2.42. The Bertz CT molecular complexity index is 2400. The van der Waals surface area contributed by atoms with E-state index in [4.69, 9.17) is 0 Å². The van der Waals surface area contributed by atoms with Crippen LogP contribution in [0.2, 0.25) is 0 Å². The standard InChI is InChI=1S/C44H30Br2N2O4/c45-30-19-23-32(24-20-30)47-36-17-9-7-15-34(36)42(40(47)50)27-43(52,29-13-5-2-6-14-29)44(39(42)38(49)28-11-3-1-4-12-28)35-16-8-10-18-37(35)48(41(44)51)33-25-21-31(46)22-26-33/h1-26,39,52H,27H2/t39-,42-,43+,44+/m1/s1. The van der Waals surface area contributed by atoms with Crippen molar-refractivity contribution in [3.8, 4) is 0 Å². The van der Waals surface area contributed by atoms with E-state index >= 15 is 14.4 Å². The third kappa shape index (κ3) is 4.29. The van der Waals surface area contributed by atoms with Crippen molar-refractivity contribution >= 4 is 72.2 Å². The Kier molecular flexibility index (Phi) is 7.52. The molecule has 0 bridgehead atoms. The molecule has 2 heterocycles. The van der Waals surface area contributed by atoms with Crippen LogP contribution in [0.1, 0.15) is 33.5 Å². The molecule has 0 aromatic heterocycles. The number of halogens is 2. The predicted octanol–water partition coefficient (Wildman–Crippen LogP) is 9.53. The van der Waals surface area contributed by atoms with Crippen LogP contribution in [0.3, 0.4) is 0 Å². The van der Waals surface area contributed by atoms with Crippen LogP contribution in [-0.4, -0.2) is 22.7 Å². The van der Waals surface area contributed by atoms with Crippen molar-refractivity contribution in [2.75, 3.05) is 9.80 Å². The van der Waals surface area contributed by atoms with Gasteiger partial charge < -0.3 is 5.11 Å². The number of rotatable bonds is 5. The van der Waals surface area contributed by atoms with E-state index in [1.54, 1.807) is 46.2 Å². The van der Waals surface area contributed by atoms with Gasteiger partial charge in [-0.15, -0.1) is 0 Å². The molecule has 9 rings (SSSR count). The van der Waals surface area contributed by atoms with Crippen molar-refractivity contribution in [2.24, 2.45) is 5.92 Å². The maximum atomic E-state index is 16.0. The highest BCUT2D eigenvalue weighted by molar-refractivity contribution is 9.10. The van der Waals surface area contributed by atoms with E-state index in [-0.39, 0.29) is 12.3 Å². The summed E-state index contributed by atoms with van der Waals surface area (Å²) >= 11 is 7.04. The smallest absolute Gasteiger partial charge is 0.246 e. The molecule has 1 fully saturated rings. The number of carbonyl (C=O) groups is 3. The summed E-state index contributed by atoms with van der Waals surface area (Å²) in [6.07, 6.45) is -0.218. The van der Waals surface area contributed by atoms with E-state index in [1.807, 2.05) is 121 Å². The number of anilines is 4. The van der Waals surface area contributed by atoms with Gasteiger partial charge in [-0.05, 0) is 77.4 Å². The molecule has 1 aliphatic carbocycles. The number of amides is 2.